The summed E-state index contributed by atoms with van der Waals surface area (Å²) in [7, 11) is 0. The van der Waals surface area contributed by atoms with Gasteiger partial charge in [0, 0.05) is 0 Å². The predicted molar refractivity (Wildman–Crippen MR) is 186 cm³/mol. The zero-order chi connectivity index (χ0) is 28.8. The molecule has 0 heterocycles. The highest BCUT2D eigenvalue weighted by Crippen LogP contribution is 2.49. The van der Waals surface area contributed by atoms with Crippen molar-refractivity contribution in [3.63, 3.8) is 0 Å². The lowest BCUT2D eigenvalue weighted by molar-refractivity contribution is 1.13. The molecule has 0 fully saturated rings. The Balaban J connectivity index is 1.41. The van der Waals surface area contributed by atoms with Crippen LogP contribution < -0.4 is 0 Å². The molecular weight excluding hydrogens is 528 g/mol. The van der Waals surface area contributed by atoms with Gasteiger partial charge in [-0.25, -0.2) is 0 Å². The van der Waals surface area contributed by atoms with Crippen molar-refractivity contribution in [2.45, 2.75) is 12.8 Å². The van der Waals surface area contributed by atoms with E-state index in [4.69, 9.17) is 0 Å². The minimum atomic E-state index is 0.937. The monoisotopic (exact) mass is 556 g/mol. The molecule has 0 nitrogen and oxygen atoms in total. The number of hydrogen-bond acceptors (Lipinski definition) is 0. The molecule has 0 aromatic heterocycles. The van der Waals surface area contributed by atoms with E-state index in [-0.39, 0.29) is 0 Å². The quantitative estimate of drug-likeness (QED) is 0.174. The van der Waals surface area contributed by atoms with Gasteiger partial charge >= 0.3 is 0 Å². The van der Waals surface area contributed by atoms with Crippen molar-refractivity contribution in [1.82, 2.24) is 0 Å². The van der Waals surface area contributed by atoms with Gasteiger partial charge in [-0.05, 0) is 136 Å². The molecule has 0 saturated carbocycles. The summed E-state index contributed by atoms with van der Waals surface area (Å²) in [6.45, 7) is 0. The molecule has 0 heteroatoms. The van der Waals surface area contributed by atoms with E-state index in [9.17, 15) is 0 Å². The smallest absolute Gasteiger partial charge is 0.00130 e. The van der Waals surface area contributed by atoms with Gasteiger partial charge < -0.3 is 0 Å². The number of benzene rings is 8. The third kappa shape index (κ3) is 3.52. The first-order valence-corrected chi connectivity index (χ1v) is 15.6. The Morgan fingerprint density at radius 1 is 0.250 bits per heavy atom. The Morgan fingerprint density at radius 3 is 0.682 bits per heavy atom. The van der Waals surface area contributed by atoms with E-state index in [1.165, 1.54) is 98.7 Å². The van der Waals surface area contributed by atoms with Crippen LogP contribution >= 0.6 is 0 Å². The van der Waals surface area contributed by atoms with Crippen LogP contribution in [0.2, 0.25) is 0 Å². The number of fused-ring (bicyclic) bond motifs is 8. The molecule has 0 unspecified atom stereocenters. The van der Waals surface area contributed by atoms with Gasteiger partial charge in [0.2, 0.25) is 0 Å². The largest absolute Gasteiger partial charge is 0.0616 e. The first-order valence-electron chi connectivity index (χ1n) is 15.6. The maximum Gasteiger partial charge on any atom is -0.00130 e. The molecule has 2 aliphatic carbocycles. The van der Waals surface area contributed by atoms with Crippen LogP contribution in [-0.2, 0) is 12.8 Å². The first kappa shape index (κ1) is 24.0. The summed E-state index contributed by atoms with van der Waals surface area (Å²) in [5, 5.41) is 10.4. The molecule has 0 saturated heterocycles. The first-order chi connectivity index (χ1) is 21.8. The molecule has 0 radical (unpaired) electrons. The lowest BCUT2D eigenvalue weighted by Gasteiger charge is -2.31. The molecule has 2 aliphatic rings. The van der Waals surface area contributed by atoms with Crippen LogP contribution in [-0.4, -0.2) is 0 Å². The van der Waals surface area contributed by atoms with Crippen LogP contribution in [0.3, 0.4) is 0 Å². The lowest BCUT2D eigenvalue weighted by Crippen LogP contribution is -2.13. The molecule has 44 heavy (non-hydrogen) atoms. The second kappa shape index (κ2) is 9.02. The van der Waals surface area contributed by atoms with Gasteiger partial charge in [0.1, 0.15) is 0 Å². The van der Waals surface area contributed by atoms with Crippen LogP contribution in [0.25, 0.3) is 54.2 Å². The second-order valence-corrected chi connectivity index (χ2v) is 12.5. The maximum atomic E-state index is 2.46. The Bertz CT molecular complexity index is 2190. The molecule has 0 aliphatic heterocycles. The fourth-order valence-electron chi connectivity index (χ4n) is 7.90. The van der Waals surface area contributed by atoms with E-state index < -0.39 is 0 Å². The van der Waals surface area contributed by atoms with Crippen molar-refractivity contribution in [1.29, 1.82) is 0 Å². The Labute approximate surface area is 256 Å². The number of rotatable bonds is 0. The van der Waals surface area contributed by atoms with Crippen molar-refractivity contribution >= 4 is 54.2 Å². The summed E-state index contributed by atoms with van der Waals surface area (Å²) in [5.41, 5.74) is 13.8. The summed E-state index contributed by atoms with van der Waals surface area (Å²) in [4.78, 5) is 0. The van der Waals surface area contributed by atoms with E-state index in [1.54, 1.807) is 0 Å². The summed E-state index contributed by atoms with van der Waals surface area (Å²) in [6.07, 6.45) is 1.87. The van der Waals surface area contributed by atoms with Gasteiger partial charge in [-0.1, -0.05) is 121 Å². The van der Waals surface area contributed by atoms with Crippen molar-refractivity contribution in [3.05, 3.63) is 190 Å². The van der Waals surface area contributed by atoms with Crippen LogP contribution in [0.5, 0.6) is 0 Å². The molecule has 0 amide bonds. The normalized spacial score (nSPS) is 13.6. The predicted octanol–water partition coefficient (Wildman–Crippen LogP) is 11.1. The van der Waals surface area contributed by atoms with Crippen molar-refractivity contribution < 1.29 is 0 Å². The van der Waals surface area contributed by atoms with Gasteiger partial charge in [-0.15, -0.1) is 0 Å². The van der Waals surface area contributed by atoms with Gasteiger partial charge in [-0.3, -0.25) is 0 Å². The van der Waals surface area contributed by atoms with Crippen LogP contribution in [0, 0.1) is 0 Å². The lowest BCUT2D eigenvalue weighted by atomic mass is 9.72. The highest BCUT2D eigenvalue weighted by Gasteiger charge is 2.30. The Hall–Kier alpha value is -5.46. The average Bonchev–Trinajstić information content (AvgIpc) is 3.06. The van der Waals surface area contributed by atoms with E-state index >= 15 is 0 Å². The molecule has 8 aromatic rings. The standard InChI is InChI=1S/C44H28/c1-5-13-31-23-39-35(17-27(31)9-1)21-36-18-28-10-2-6-14-32(28)24-40(36)43(39)44-41-25-33-15-7-3-11-29(33)19-37(41)22-38-20-30-12-4-8-16-34(30)26-42(38)44/h1-20,23-26H,21-22H2. The summed E-state index contributed by atoms with van der Waals surface area (Å²) in [5.74, 6) is 0. The Kier molecular flexibility index (Phi) is 4.93. The summed E-state index contributed by atoms with van der Waals surface area (Å²) in [6, 6.07) is 54.9. The fraction of sp³-hybridized carbons (Fsp3) is 0.0455. The fourth-order valence-corrected chi connectivity index (χ4v) is 7.90. The van der Waals surface area contributed by atoms with Gasteiger partial charge in [0.15, 0.2) is 0 Å². The minimum Gasteiger partial charge on any atom is -0.0616 e. The topological polar surface area (TPSA) is 0 Å². The van der Waals surface area contributed by atoms with Crippen molar-refractivity contribution in [3.8, 4) is 0 Å². The van der Waals surface area contributed by atoms with Crippen molar-refractivity contribution in [2.75, 3.05) is 0 Å². The molecule has 0 atom stereocenters. The van der Waals surface area contributed by atoms with E-state index in [0.29, 0.717) is 0 Å². The molecular formula is C44H28. The minimum absolute atomic E-state index is 0.937. The molecule has 8 aromatic carbocycles. The SMILES string of the molecule is c1ccc2cc3c(cc2c1)Cc1cc2ccccc2cc1C3=C1c2cc3ccccc3cc2Cc2cc3ccccc3cc21. The van der Waals surface area contributed by atoms with Crippen molar-refractivity contribution in [2.24, 2.45) is 0 Å². The van der Waals surface area contributed by atoms with Crippen LogP contribution in [0.15, 0.2) is 146 Å². The highest BCUT2D eigenvalue weighted by atomic mass is 14.3. The zero-order valence-corrected chi connectivity index (χ0v) is 24.3. The molecule has 0 spiro atoms. The van der Waals surface area contributed by atoms with E-state index in [0.717, 1.165) is 12.8 Å². The second-order valence-electron chi connectivity index (χ2n) is 12.5. The molecule has 10 rings (SSSR count). The molecule has 0 N–H and O–H groups in total. The van der Waals surface area contributed by atoms with Gasteiger partial charge in [0.25, 0.3) is 0 Å². The van der Waals surface area contributed by atoms with Crippen LogP contribution in [0.4, 0.5) is 0 Å². The average molecular weight is 557 g/mol. The molecule has 0 bridgehead atoms. The Morgan fingerprint density at radius 2 is 0.455 bits per heavy atom. The van der Waals surface area contributed by atoms with E-state index in [2.05, 4.69) is 146 Å². The van der Waals surface area contributed by atoms with E-state index in [1.807, 2.05) is 0 Å². The third-order valence-electron chi connectivity index (χ3n) is 9.98. The van der Waals surface area contributed by atoms with Gasteiger partial charge in [-0.2, -0.15) is 0 Å². The summed E-state index contributed by atoms with van der Waals surface area (Å²) < 4.78 is 0. The number of hydrogen-bond donors (Lipinski definition) is 0. The highest BCUT2D eigenvalue weighted by molar-refractivity contribution is 6.13. The zero-order valence-electron chi connectivity index (χ0n) is 24.3. The third-order valence-corrected chi connectivity index (χ3v) is 9.98. The van der Waals surface area contributed by atoms with Gasteiger partial charge in [0.05, 0.1) is 0 Å². The maximum absolute atomic E-state index is 2.46. The molecule has 204 valence electrons. The summed E-state index contributed by atoms with van der Waals surface area (Å²) >= 11 is 0. The van der Waals surface area contributed by atoms with Crippen LogP contribution in [0.1, 0.15) is 44.5 Å².